The first-order valence-electron chi connectivity index (χ1n) is 7.49. The molecule has 1 heterocycles. The fourth-order valence-corrected chi connectivity index (χ4v) is 3.20. The van der Waals surface area contributed by atoms with Crippen molar-refractivity contribution in [2.75, 3.05) is 25.2 Å². The zero-order chi connectivity index (χ0) is 14.5. The summed E-state index contributed by atoms with van der Waals surface area (Å²) in [6, 6.07) is 6.59. The van der Waals surface area contributed by atoms with Crippen LogP contribution in [0.15, 0.2) is 18.2 Å². The van der Waals surface area contributed by atoms with Gasteiger partial charge in [0.05, 0.1) is 7.11 Å². The van der Waals surface area contributed by atoms with E-state index >= 15 is 0 Å². The van der Waals surface area contributed by atoms with Gasteiger partial charge in [-0.2, -0.15) is 0 Å². The summed E-state index contributed by atoms with van der Waals surface area (Å²) < 4.78 is 5.48. The summed E-state index contributed by atoms with van der Waals surface area (Å²) in [6.07, 6.45) is 4.28. The maximum absolute atomic E-state index is 9.05. The molecule has 0 spiro atoms. The van der Waals surface area contributed by atoms with Crippen molar-refractivity contribution in [1.82, 2.24) is 0 Å². The number of aliphatic hydroxyl groups excluding tert-OH is 1. The van der Waals surface area contributed by atoms with Crippen molar-refractivity contribution in [1.29, 1.82) is 0 Å². The third-order valence-electron chi connectivity index (χ3n) is 4.10. The molecule has 3 N–H and O–H groups in total. The molecule has 0 aromatic heterocycles. The summed E-state index contributed by atoms with van der Waals surface area (Å²) in [6.45, 7) is 3.33. The number of hydrogen-bond acceptors (Lipinski definition) is 4. The molecule has 2 unspecified atom stereocenters. The number of nitrogens with zero attached hydrogens (tertiary/aromatic N) is 1. The number of anilines is 1. The van der Waals surface area contributed by atoms with Gasteiger partial charge in [0.2, 0.25) is 0 Å². The topological polar surface area (TPSA) is 58.7 Å². The van der Waals surface area contributed by atoms with Gasteiger partial charge in [-0.15, -0.1) is 0 Å². The molecule has 0 bridgehead atoms. The number of nitrogens with two attached hydrogens (primary N) is 1. The van der Waals surface area contributed by atoms with Gasteiger partial charge >= 0.3 is 0 Å². The minimum atomic E-state index is -0.0553. The van der Waals surface area contributed by atoms with Crippen molar-refractivity contribution in [2.24, 2.45) is 5.73 Å². The van der Waals surface area contributed by atoms with Gasteiger partial charge in [0.15, 0.2) is 0 Å². The average Bonchev–Trinajstić information content (AvgIpc) is 2.92. The van der Waals surface area contributed by atoms with Crippen LogP contribution in [-0.2, 0) is 0 Å². The molecule has 1 aliphatic rings. The SMILES string of the molecule is COc1cccc(N2CCCC2CCCO)c1C(C)N. The van der Waals surface area contributed by atoms with E-state index in [1.807, 2.05) is 19.1 Å². The lowest BCUT2D eigenvalue weighted by Gasteiger charge is -2.30. The molecule has 0 aliphatic carbocycles. The standard InChI is InChI=1S/C16H26N2O2/c1-12(17)16-14(8-3-9-15(16)20-2)18-10-4-6-13(18)7-5-11-19/h3,8-9,12-13,19H,4-7,10-11,17H2,1-2H3. The van der Waals surface area contributed by atoms with Crippen molar-refractivity contribution in [3.05, 3.63) is 23.8 Å². The largest absolute Gasteiger partial charge is 0.496 e. The molecular formula is C16H26N2O2. The third-order valence-corrected chi connectivity index (χ3v) is 4.10. The van der Waals surface area contributed by atoms with Gasteiger partial charge in [0.1, 0.15) is 5.75 Å². The Morgan fingerprint density at radius 1 is 1.50 bits per heavy atom. The number of benzene rings is 1. The summed E-state index contributed by atoms with van der Waals surface area (Å²) in [5, 5.41) is 9.05. The van der Waals surface area contributed by atoms with E-state index in [-0.39, 0.29) is 12.6 Å². The van der Waals surface area contributed by atoms with Crippen LogP contribution in [0.5, 0.6) is 5.75 Å². The molecule has 2 rings (SSSR count). The van der Waals surface area contributed by atoms with E-state index in [0.717, 1.165) is 30.7 Å². The van der Waals surface area contributed by atoms with Crippen molar-refractivity contribution in [3.8, 4) is 5.75 Å². The molecule has 1 aliphatic heterocycles. The summed E-state index contributed by atoms with van der Waals surface area (Å²) in [7, 11) is 1.69. The zero-order valence-electron chi connectivity index (χ0n) is 12.5. The fraction of sp³-hybridized carbons (Fsp3) is 0.625. The van der Waals surface area contributed by atoms with E-state index in [1.165, 1.54) is 18.5 Å². The molecule has 0 amide bonds. The number of ether oxygens (including phenoxy) is 1. The molecule has 112 valence electrons. The molecule has 4 heteroatoms. The van der Waals surface area contributed by atoms with Gasteiger partial charge < -0.3 is 20.5 Å². The van der Waals surface area contributed by atoms with Gasteiger partial charge in [0, 0.05) is 36.5 Å². The summed E-state index contributed by atoms with van der Waals surface area (Å²) >= 11 is 0. The Bertz CT molecular complexity index is 434. The molecular weight excluding hydrogens is 252 g/mol. The molecule has 1 aromatic rings. The monoisotopic (exact) mass is 278 g/mol. The Kier molecular flexibility index (Phi) is 5.26. The summed E-state index contributed by atoms with van der Waals surface area (Å²) in [4.78, 5) is 2.44. The van der Waals surface area contributed by atoms with E-state index in [0.29, 0.717) is 6.04 Å². The predicted octanol–water partition coefficient (Wildman–Crippen LogP) is 2.46. The van der Waals surface area contributed by atoms with Crippen molar-refractivity contribution in [2.45, 2.75) is 44.7 Å². The lowest BCUT2D eigenvalue weighted by Crippen LogP contribution is -2.31. The minimum absolute atomic E-state index is 0.0553. The van der Waals surface area contributed by atoms with E-state index in [2.05, 4.69) is 11.0 Å². The maximum Gasteiger partial charge on any atom is 0.125 e. The van der Waals surface area contributed by atoms with E-state index < -0.39 is 0 Å². The lowest BCUT2D eigenvalue weighted by atomic mass is 10.0. The Balaban J connectivity index is 2.31. The molecule has 1 fully saturated rings. The average molecular weight is 278 g/mol. The second-order valence-corrected chi connectivity index (χ2v) is 5.54. The van der Waals surface area contributed by atoms with Crippen molar-refractivity contribution >= 4 is 5.69 Å². The molecule has 2 atom stereocenters. The highest BCUT2D eigenvalue weighted by Gasteiger charge is 2.27. The van der Waals surface area contributed by atoms with E-state index in [9.17, 15) is 0 Å². The Labute approximate surface area is 121 Å². The van der Waals surface area contributed by atoms with Crippen LogP contribution in [0, 0.1) is 0 Å². The Morgan fingerprint density at radius 2 is 2.30 bits per heavy atom. The number of methoxy groups -OCH3 is 1. The highest BCUT2D eigenvalue weighted by molar-refractivity contribution is 5.61. The minimum Gasteiger partial charge on any atom is -0.496 e. The quantitative estimate of drug-likeness (QED) is 0.839. The van der Waals surface area contributed by atoms with Gasteiger partial charge in [-0.1, -0.05) is 6.07 Å². The van der Waals surface area contributed by atoms with Crippen LogP contribution in [-0.4, -0.2) is 31.4 Å². The second kappa shape index (κ2) is 6.95. The van der Waals surface area contributed by atoms with Gasteiger partial charge in [0.25, 0.3) is 0 Å². The smallest absolute Gasteiger partial charge is 0.125 e. The van der Waals surface area contributed by atoms with Crippen molar-refractivity contribution in [3.63, 3.8) is 0 Å². The van der Waals surface area contributed by atoms with Gasteiger partial charge in [-0.25, -0.2) is 0 Å². The number of aliphatic hydroxyl groups is 1. The highest BCUT2D eigenvalue weighted by atomic mass is 16.5. The molecule has 1 aromatic carbocycles. The zero-order valence-corrected chi connectivity index (χ0v) is 12.5. The molecule has 1 saturated heterocycles. The van der Waals surface area contributed by atoms with Crippen LogP contribution in [0.25, 0.3) is 0 Å². The van der Waals surface area contributed by atoms with Crippen LogP contribution >= 0.6 is 0 Å². The Hall–Kier alpha value is -1.26. The van der Waals surface area contributed by atoms with Crippen molar-refractivity contribution < 1.29 is 9.84 Å². The van der Waals surface area contributed by atoms with Crippen LogP contribution in [0.1, 0.15) is 44.2 Å². The third kappa shape index (κ3) is 3.07. The summed E-state index contributed by atoms with van der Waals surface area (Å²) in [5.74, 6) is 0.866. The normalized spacial score (nSPS) is 20.2. The lowest BCUT2D eigenvalue weighted by molar-refractivity contribution is 0.279. The molecule has 0 radical (unpaired) electrons. The van der Waals surface area contributed by atoms with Crippen LogP contribution in [0.2, 0.25) is 0 Å². The number of hydrogen-bond donors (Lipinski definition) is 2. The fourth-order valence-electron chi connectivity index (χ4n) is 3.20. The first kappa shape index (κ1) is 15.1. The Morgan fingerprint density at radius 3 is 2.95 bits per heavy atom. The van der Waals surface area contributed by atoms with Crippen LogP contribution < -0.4 is 15.4 Å². The summed E-state index contributed by atoms with van der Waals surface area (Å²) in [5.41, 5.74) is 8.44. The predicted molar refractivity (Wildman–Crippen MR) is 82.3 cm³/mol. The molecule has 4 nitrogen and oxygen atoms in total. The molecule has 0 saturated carbocycles. The van der Waals surface area contributed by atoms with E-state index in [1.54, 1.807) is 7.11 Å². The second-order valence-electron chi connectivity index (χ2n) is 5.54. The highest BCUT2D eigenvalue weighted by Crippen LogP contribution is 2.37. The van der Waals surface area contributed by atoms with E-state index in [4.69, 9.17) is 15.6 Å². The first-order valence-corrected chi connectivity index (χ1v) is 7.49. The first-order chi connectivity index (χ1) is 9.69. The van der Waals surface area contributed by atoms with Crippen LogP contribution in [0.4, 0.5) is 5.69 Å². The van der Waals surface area contributed by atoms with Gasteiger partial charge in [-0.3, -0.25) is 0 Å². The number of rotatable bonds is 6. The van der Waals surface area contributed by atoms with Gasteiger partial charge in [-0.05, 0) is 44.7 Å². The molecule has 20 heavy (non-hydrogen) atoms. The van der Waals surface area contributed by atoms with Crippen LogP contribution in [0.3, 0.4) is 0 Å². The maximum atomic E-state index is 9.05.